The van der Waals surface area contributed by atoms with E-state index in [2.05, 4.69) is 21.2 Å². The molecule has 0 heterocycles. The van der Waals surface area contributed by atoms with Crippen LogP contribution in [0.4, 0.5) is 0 Å². The van der Waals surface area contributed by atoms with Crippen LogP contribution in [0.25, 0.3) is 0 Å². The number of halogens is 1. The summed E-state index contributed by atoms with van der Waals surface area (Å²) >= 11 is 3.37. The summed E-state index contributed by atoms with van der Waals surface area (Å²) in [5.41, 5.74) is 1.01. The summed E-state index contributed by atoms with van der Waals surface area (Å²) in [6.45, 7) is 0.170. The third-order valence-electron chi connectivity index (χ3n) is 3.52. The van der Waals surface area contributed by atoms with E-state index in [0.717, 1.165) is 29.3 Å². The van der Waals surface area contributed by atoms with Crippen molar-refractivity contribution in [1.82, 2.24) is 5.32 Å². The van der Waals surface area contributed by atoms with Crippen molar-refractivity contribution >= 4 is 21.8 Å². The maximum Gasteiger partial charge on any atom is 0.224 e. The van der Waals surface area contributed by atoms with E-state index >= 15 is 0 Å². The van der Waals surface area contributed by atoms with Gasteiger partial charge in [0, 0.05) is 23.0 Å². The van der Waals surface area contributed by atoms with Gasteiger partial charge in [-0.05, 0) is 30.5 Å². The molecule has 2 rings (SSSR count). The second-order valence-corrected chi connectivity index (χ2v) is 5.77. The Morgan fingerprint density at radius 3 is 2.72 bits per heavy atom. The molecule has 2 unspecified atom stereocenters. The van der Waals surface area contributed by atoms with Gasteiger partial charge in [0.1, 0.15) is 0 Å². The van der Waals surface area contributed by atoms with Crippen LogP contribution in [-0.2, 0) is 11.2 Å². The fourth-order valence-electron chi connectivity index (χ4n) is 2.49. The van der Waals surface area contributed by atoms with Gasteiger partial charge in [0.05, 0.1) is 6.42 Å². The molecule has 0 aromatic heterocycles. The highest BCUT2D eigenvalue weighted by molar-refractivity contribution is 9.10. The normalized spacial score (nSPS) is 23.0. The lowest BCUT2D eigenvalue weighted by molar-refractivity contribution is -0.121. The summed E-state index contributed by atoms with van der Waals surface area (Å²) in [6, 6.07) is 7.92. The lowest BCUT2D eigenvalue weighted by atomic mass is 10.0. The van der Waals surface area contributed by atoms with Crippen LogP contribution >= 0.6 is 15.9 Å². The van der Waals surface area contributed by atoms with Crippen molar-refractivity contribution < 1.29 is 9.90 Å². The van der Waals surface area contributed by atoms with Crippen LogP contribution in [0.3, 0.4) is 0 Å². The van der Waals surface area contributed by atoms with Gasteiger partial charge in [-0.1, -0.05) is 34.5 Å². The van der Waals surface area contributed by atoms with Gasteiger partial charge in [-0.15, -0.1) is 0 Å². The van der Waals surface area contributed by atoms with Crippen LogP contribution < -0.4 is 5.32 Å². The average Bonchev–Trinajstić information content (AvgIpc) is 2.79. The van der Waals surface area contributed by atoms with Gasteiger partial charge in [0.25, 0.3) is 0 Å². The molecule has 0 aliphatic heterocycles. The van der Waals surface area contributed by atoms with Crippen LogP contribution in [0.15, 0.2) is 28.7 Å². The first-order valence-electron chi connectivity index (χ1n) is 6.33. The predicted octanol–water partition coefficient (Wildman–Crippen LogP) is 2.27. The summed E-state index contributed by atoms with van der Waals surface area (Å²) in [5, 5.41) is 12.2. The molecule has 0 spiro atoms. The number of amides is 1. The number of carbonyl (C=O) groups is 1. The second-order valence-electron chi connectivity index (χ2n) is 4.85. The maximum absolute atomic E-state index is 11.9. The lowest BCUT2D eigenvalue weighted by Gasteiger charge is -2.19. The monoisotopic (exact) mass is 311 g/mol. The lowest BCUT2D eigenvalue weighted by Crippen LogP contribution is -2.39. The predicted molar refractivity (Wildman–Crippen MR) is 74.2 cm³/mol. The smallest absolute Gasteiger partial charge is 0.224 e. The zero-order valence-corrected chi connectivity index (χ0v) is 11.8. The van der Waals surface area contributed by atoms with Gasteiger partial charge in [0.2, 0.25) is 5.91 Å². The van der Waals surface area contributed by atoms with E-state index in [1.807, 2.05) is 24.3 Å². The fraction of sp³-hybridized carbons (Fsp3) is 0.500. The van der Waals surface area contributed by atoms with E-state index in [1.165, 1.54) is 0 Å². The van der Waals surface area contributed by atoms with Crippen LogP contribution in [0, 0.1) is 5.92 Å². The minimum atomic E-state index is 0.0441. The highest BCUT2D eigenvalue weighted by atomic mass is 79.9. The van der Waals surface area contributed by atoms with Crippen molar-refractivity contribution in [1.29, 1.82) is 0 Å². The molecule has 98 valence electrons. The standard InChI is InChI=1S/C14H18BrNO2/c15-12-6-4-10(5-7-12)8-14(18)16-13-3-1-2-11(13)9-17/h4-7,11,13,17H,1-3,8-9H2,(H,16,18). The van der Waals surface area contributed by atoms with Crippen molar-refractivity contribution in [3.05, 3.63) is 34.3 Å². The van der Waals surface area contributed by atoms with E-state index in [9.17, 15) is 9.90 Å². The first-order valence-corrected chi connectivity index (χ1v) is 7.13. The summed E-state index contributed by atoms with van der Waals surface area (Å²) < 4.78 is 1.02. The number of hydrogen-bond donors (Lipinski definition) is 2. The first-order chi connectivity index (χ1) is 8.69. The SMILES string of the molecule is O=C(Cc1ccc(Br)cc1)NC1CCCC1CO. The van der Waals surface area contributed by atoms with Gasteiger partial charge in [-0.2, -0.15) is 0 Å². The summed E-state index contributed by atoms with van der Waals surface area (Å²) in [7, 11) is 0. The molecule has 0 bridgehead atoms. The molecular formula is C14H18BrNO2. The molecule has 0 radical (unpaired) electrons. The zero-order chi connectivity index (χ0) is 13.0. The number of aliphatic hydroxyl groups is 1. The Morgan fingerprint density at radius 2 is 2.06 bits per heavy atom. The molecule has 1 amide bonds. The zero-order valence-electron chi connectivity index (χ0n) is 10.2. The van der Waals surface area contributed by atoms with Gasteiger partial charge in [-0.25, -0.2) is 0 Å². The van der Waals surface area contributed by atoms with Crippen molar-refractivity contribution in [3.63, 3.8) is 0 Å². The Labute approximate surface area is 116 Å². The highest BCUT2D eigenvalue weighted by Crippen LogP contribution is 2.25. The summed E-state index contributed by atoms with van der Waals surface area (Å²) in [4.78, 5) is 11.9. The Balaban J connectivity index is 1.86. The van der Waals surface area contributed by atoms with E-state index in [1.54, 1.807) is 0 Å². The molecule has 3 nitrogen and oxygen atoms in total. The van der Waals surface area contributed by atoms with E-state index < -0.39 is 0 Å². The number of nitrogens with one attached hydrogen (secondary N) is 1. The first kappa shape index (κ1) is 13.6. The number of rotatable bonds is 4. The van der Waals surface area contributed by atoms with Gasteiger partial charge in [-0.3, -0.25) is 4.79 Å². The van der Waals surface area contributed by atoms with Crippen molar-refractivity contribution in [3.8, 4) is 0 Å². The molecule has 2 atom stereocenters. The second kappa shape index (κ2) is 6.34. The molecule has 2 N–H and O–H groups in total. The Morgan fingerprint density at radius 1 is 1.33 bits per heavy atom. The minimum Gasteiger partial charge on any atom is -0.396 e. The van der Waals surface area contributed by atoms with Crippen LogP contribution in [-0.4, -0.2) is 23.7 Å². The summed E-state index contributed by atoms with van der Waals surface area (Å²) in [6.07, 6.45) is 3.49. The molecule has 4 heteroatoms. The molecular weight excluding hydrogens is 294 g/mol. The van der Waals surface area contributed by atoms with Gasteiger partial charge < -0.3 is 10.4 Å². The third kappa shape index (κ3) is 3.56. The average molecular weight is 312 g/mol. The molecule has 1 aliphatic carbocycles. The van der Waals surface area contributed by atoms with Crippen molar-refractivity contribution in [2.75, 3.05) is 6.61 Å². The number of benzene rings is 1. The van der Waals surface area contributed by atoms with E-state index in [0.29, 0.717) is 6.42 Å². The maximum atomic E-state index is 11.9. The Kier molecular flexibility index (Phi) is 4.78. The molecule has 18 heavy (non-hydrogen) atoms. The molecule has 1 aromatic rings. The van der Waals surface area contributed by atoms with E-state index in [-0.39, 0.29) is 24.5 Å². The fourth-order valence-corrected chi connectivity index (χ4v) is 2.76. The summed E-state index contributed by atoms with van der Waals surface area (Å²) in [5.74, 6) is 0.279. The number of aliphatic hydroxyl groups excluding tert-OH is 1. The topological polar surface area (TPSA) is 49.3 Å². The quantitative estimate of drug-likeness (QED) is 0.896. The van der Waals surface area contributed by atoms with E-state index in [4.69, 9.17) is 0 Å². The highest BCUT2D eigenvalue weighted by Gasteiger charge is 2.27. The number of carbonyl (C=O) groups excluding carboxylic acids is 1. The van der Waals surface area contributed by atoms with Crippen LogP contribution in [0.5, 0.6) is 0 Å². The molecule has 1 aromatic carbocycles. The van der Waals surface area contributed by atoms with Crippen molar-refractivity contribution in [2.24, 2.45) is 5.92 Å². The Hall–Kier alpha value is -0.870. The van der Waals surface area contributed by atoms with Crippen molar-refractivity contribution in [2.45, 2.75) is 31.7 Å². The third-order valence-corrected chi connectivity index (χ3v) is 4.05. The molecule has 0 saturated heterocycles. The number of hydrogen-bond acceptors (Lipinski definition) is 2. The molecule has 1 saturated carbocycles. The molecule has 1 fully saturated rings. The minimum absolute atomic E-state index is 0.0441. The largest absolute Gasteiger partial charge is 0.396 e. The Bertz CT molecular complexity index is 405. The van der Waals surface area contributed by atoms with Crippen LogP contribution in [0.2, 0.25) is 0 Å². The molecule has 1 aliphatic rings. The van der Waals surface area contributed by atoms with Gasteiger partial charge >= 0.3 is 0 Å². The van der Waals surface area contributed by atoms with Gasteiger partial charge in [0.15, 0.2) is 0 Å². The van der Waals surface area contributed by atoms with Crippen LogP contribution in [0.1, 0.15) is 24.8 Å².